The summed E-state index contributed by atoms with van der Waals surface area (Å²) in [6.45, 7) is 0. The number of aromatic hydroxyl groups is 2. The summed E-state index contributed by atoms with van der Waals surface area (Å²) >= 11 is 20.9. The molecule has 4 aliphatic rings. The van der Waals surface area contributed by atoms with Gasteiger partial charge in [0.15, 0.2) is 9.75 Å². The van der Waals surface area contributed by atoms with Crippen molar-refractivity contribution in [2.24, 2.45) is 17.8 Å². The number of benzene rings is 3. The summed E-state index contributed by atoms with van der Waals surface area (Å²) in [6, 6.07) is 12.0. The van der Waals surface area contributed by atoms with Gasteiger partial charge in [-0.05, 0) is 73.4 Å². The number of fused-ring (bicyclic) bond motifs is 4. The molecule has 0 radical (unpaired) electrons. The summed E-state index contributed by atoms with van der Waals surface area (Å²) in [5, 5.41) is 30.9. The predicted octanol–water partition coefficient (Wildman–Crippen LogP) is 5.36. The van der Waals surface area contributed by atoms with Crippen LogP contribution < -0.4 is 9.80 Å². The summed E-state index contributed by atoms with van der Waals surface area (Å²) in [6.07, 6.45) is 1.32. The Hall–Kier alpha value is -4.45. The largest absolute Gasteiger partial charge is 0.508 e. The Bertz CT molecular complexity index is 1990. The van der Waals surface area contributed by atoms with Crippen LogP contribution in [0.5, 0.6) is 11.5 Å². The van der Waals surface area contributed by atoms with E-state index in [2.05, 4.69) is 0 Å². The molecule has 2 saturated heterocycles. The Balaban J connectivity index is 1.39. The average molecular weight is 700 g/mol. The van der Waals surface area contributed by atoms with E-state index in [1.165, 1.54) is 36.4 Å². The fourth-order valence-corrected chi connectivity index (χ4v) is 8.70. The number of carbonyl (C=O) groups is 5. The number of carbonyl (C=O) groups excluding carboxylic acids is 4. The maximum absolute atomic E-state index is 14.4. The molecule has 47 heavy (non-hydrogen) atoms. The van der Waals surface area contributed by atoms with Crippen LogP contribution in [0.4, 0.5) is 15.8 Å². The van der Waals surface area contributed by atoms with E-state index in [0.717, 1.165) is 34.1 Å². The standard InChI is InChI=1S/C33H22Cl3FN2O8/c34-14-1-10-23(40)21(11-14)26-18-8-9-20-25(28(43)38(27(20)42)17-6-7-19(29(44)45)24(41)12-17)22(18)13-32(35)30(46)39(31(47)33(26,32)36)16-4-2-15(37)3-5-16/h1-8,10-12,20,22,25-26,40-41H,9,13H2,(H,44,45)/t20-,22+,25-,26+,32+,33-/m0/s1. The molecule has 1 saturated carbocycles. The Labute approximate surface area is 280 Å². The summed E-state index contributed by atoms with van der Waals surface area (Å²) in [7, 11) is 0. The second-order valence-electron chi connectivity index (χ2n) is 12.0. The average Bonchev–Trinajstić information content (AvgIpc) is 3.36. The first-order valence-corrected chi connectivity index (χ1v) is 15.5. The molecular weight excluding hydrogens is 678 g/mol. The van der Waals surface area contributed by atoms with Crippen molar-refractivity contribution in [1.29, 1.82) is 0 Å². The zero-order chi connectivity index (χ0) is 33.7. The van der Waals surface area contributed by atoms with Gasteiger partial charge in [-0.25, -0.2) is 19.0 Å². The zero-order valence-electron chi connectivity index (χ0n) is 23.9. The lowest BCUT2D eigenvalue weighted by atomic mass is 9.56. The second-order valence-corrected chi connectivity index (χ2v) is 13.7. The van der Waals surface area contributed by atoms with Gasteiger partial charge in [0.25, 0.3) is 11.8 Å². The van der Waals surface area contributed by atoms with E-state index < -0.39 is 80.1 Å². The number of phenolic OH excluding ortho intramolecular Hbond substituents is 1. The molecule has 2 aliphatic carbocycles. The van der Waals surface area contributed by atoms with Gasteiger partial charge < -0.3 is 15.3 Å². The summed E-state index contributed by atoms with van der Waals surface area (Å²) < 4.78 is 13.8. The normalized spacial score (nSPS) is 29.8. The number of carboxylic acids is 1. The lowest BCUT2D eigenvalue weighted by molar-refractivity contribution is -0.125. The van der Waals surface area contributed by atoms with Gasteiger partial charge in [0.1, 0.15) is 22.9 Å². The minimum atomic E-state index is -2.26. The van der Waals surface area contributed by atoms with Crippen molar-refractivity contribution in [3.8, 4) is 11.5 Å². The monoisotopic (exact) mass is 698 g/mol. The summed E-state index contributed by atoms with van der Waals surface area (Å²) in [5.74, 6) is -10.4. The Morgan fingerprint density at radius 2 is 1.51 bits per heavy atom. The fourth-order valence-electron chi connectivity index (χ4n) is 7.60. The van der Waals surface area contributed by atoms with Crippen LogP contribution in [0.15, 0.2) is 72.3 Å². The van der Waals surface area contributed by atoms with Crippen LogP contribution in [-0.4, -0.2) is 54.7 Å². The van der Waals surface area contributed by atoms with Crippen LogP contribution in [0.1, 0.15) is 34.7 Å². The molecule has 0 bridgehead atoms. The number of nitrogens with zero attached hydrogens (tertiary/aromatic N) is 2. The first kappa shape index (κ1) is 31.2. The second kappa shape index (κ2) is 10.5. The van der Waals surface area contributed by atoms with E-state index in [-0.39, 0.29) is 40.6 Å². The lowest BCUT2D eigenvalue weighted by Gasteiger charge is -2.50. The Morgan fingerprint density at radius 1 is 0.830 bits per heavy atom. The van der Waals surface area contributed by atoms with Crippen LogP contribution >= 0.6 is 34.8 Å². The van der Waals surface area contributed by atoms with Gasteiger partial charge in [-0.2, -0.15) is 0 Å². The molecule has 240 valence electrons. The van der Waals surface area contributed by atoms with Gasteiger partial charge in [0.2, 0.25) is 11.8 Å². The minimum absolute atomic E-state index is 0.00246. The van der Waals surface area contributed by atoms with Crippen molar-refractivity contribution in [2.75, 3.05) is 9.80 Å². The van der Waals surface area contributed by atoms with Crippen molar-refractivity contribution in [3.63, 3.8) is 0 Å². The number of amides is 4. The van der Waals surface area contributed by atoms with Gasteiger partial charge in [0.05, 0.1) is 23.2 Å². The van der Waals surface area contributed by atoms with Crippen molar-refractivity contribution < 1.29 is 43.7 Å². The molecule has 3 aromatic carbocycles. The van der Waals surface area contributed by atoms with Crippen LogP contribution in [0, 0.1) is 23.6 Å². The molecular formula is C33H22Cl3FN2O8. The highest BCUT2D eigenvalue weighted by Gasteiger charge is 2.77. The number of allylic oxidation sites excluding steroid dienone is 2. The maximum Gasteiger partial charge on any atom is 0.339 e. The van der Waals surface area contributed by atoms with E-state index >= 15 is 0 Å². The first-order valence-electron chi connectivity index (χ1n) is 14.4. The van der Waals surface area contributed by atoms with Gasteiger partial charge in [-0.15, -0.1) is 23.2 Å². The van der Waals surface area contributed by atoms with Crippen LogP contribution in [0.3, 0.4) is 0 Å². The number of anilines is 2. The Kier molecular flexibility index (Phi) is 6.98. The van der Waals surface area contributed by atoms with Crippen molar-refractivity contribution in [3.05, 3.63) is 94.3 Å². The molecule has 6 atom stereocenters. The number of aromatic carboxylic acids is 1. The number of hydrogen-bond donors (Lipinski definition) is 3. The fraction of sp³-hybridized carbons (Fsp3) is 0.242. The quantitative estimate of drug-likeness (QED) is 0.187. The predicted molar refractivity (Wildman–Crippen MR) is 167 cm³/mol. The lowest BCUT2D eigenvalue weighted by Crippen LogP contribution is -2.60. The number of carboxylic acid groups (broad SMARTS) is 1. The van der Waals surface area contributed by atoms with Gasteiger partial charge in [-0.3, -0.25) is 19.2 Å². The molecule has 14 heteroatoms. The highest BCUT2D eigenvalue weighted by molar-refractivity contribution is 6.58. The van der Waals surface area contributed by atoms with E-state index in [4.69, 9.17) is 34.8 Å². The number of rotatable bonds is 4. The molecule has 0 aromatic heterocycles. The Morgan fingerprint density at radius 3 is 2.17 bits per heavy atom. The van der Waals surface area contributed by atoms with Crippen LogP contribution in [-0.2, 0) is 19.2 Å². The van der Waals surface area contributed by atoms with Crippen molar-refractivity contribution >= 4 is 75.8 Å². The van der Waals surface area contributed by atoms with Gasteiger partial charge in [0, 0.05) is 22.6 Å². The third-order valence-corrected chi connectivity index (χ3v) is 11.3. The van der Waals surface area contributed by atoms with Crippen molar-refractivity contribution in [1.82, 2.24) is 0 Å². The number of imide groups is 2. The molecule has 4 amide bonds. The van der Waals surface area contributed by atoms with E-state index in [9.17, 15) is 43.7 Å². The van der Waals surface area contributed by atoms with E-state index in [0.29, 0.717) is 5.57 Å². The molecule has 7 rings (SSSR count). The SMILES string of the molecule is O=C(O)c1ccc(N2C(=O)[C@H]3[C@H](CC=C4[C@H]3C[C@@]3(Cl)C(=O)N(c5ccc(F)cc5)C(=O)[C@@]3(Cl)[C@H]4c3cc(Cl)ccc3O)C2=O)cc1O. The molecule has 10 nitrogen and oxygen atoms in total. The number of hydrogen-bond acceptors (Lipinski definition) is 7. The van der Waals surface area contributed by atoms with Crippen LogP contribution in [0.2, 0.25) is 5.02 Å². The molecule has 3 N–H and O–H groups in total. The topological polar surface area (TPSA) is 153 Å². The highest BCUT2D eigenvalue weighted by atomic mass is 35.5. The summed E-state index contributed by atoms with van der Waals surface area (Å²) in [5.41, 5.74) is -0.0210. The number of halogens is 4. The maximum atomic E-state index is 14.4. The van der Waals surface area contributed by atoms with Crippen LogP contribution in [0.25, 0.3) is 0 Å². The molecule has 3 aromatic rings. The van der Waals surface area contributed by atoms with Gasteiger partial charge >= 0.3 is 5.97 Å². The highest BCUT2D eigenvalue weighted by Crippen LogP contribution is 2.66. The third kappa shape index (κ3) is 4.19. The van der Waals surface area contributed by atoms with Gasteiger partial charge in [-0.1, -0.05) is 23.3 Å². The van der Waals surface area contributed by atoms with Crippen molar-refractivity contribution in [2.45, 2.75) is 28.5 Å². The zero-order valence-corrected chi connectivity index (χ0v) is 26.1. The van der Waals surface area contributed by atoms with E-state index in [1.54, 1.807) is 6.08 Å². The van der Waals surface area contributed by atoms with E-state index in [1.807, 2.05) is 0 Å². The number of phenols is 2. The molecule has 2 heterocycles. The summed E-state index contributed by atoms with van der Waals surface area (Å²) in [4.78, 5) is 65.1. The molecule has 2 aliphatic heterocycles. The molecule has 0 unspecified atom stereocenters. The minimum Gasteiger partial charge on any atom is -0.508 e. The smallest absolute Gasteiger partial charge is 0.339 e. The molecule has 3 fully saturated rings. The molecule has 0 spiro atoms. The number of alkyl halides is 2. The first-order chi connectivity index (χ1) is 22.2. The third-order valence-electron chi connectivity index (χ3n) is 9.67.